The van der Waals surface area contributed by atoms with Gasteiger partial charge in [0.2, 0.25) is 6.43 Å². The summed E-state index contributed by atoms with van der Waals surface area (Å²) in [5.41, 5.74) is 15.0. The number of rotatable bonds is 7. The normalized spacial score (nSPS) is 18.1. The third-order valence-corrected chi connectivity index (χ3v) is 6.69. The Morgan fingerprint density at radius 1 is 1.16 bits per heavy atom. The van der Waals surface area contributed by atoms with Crippen molar-refractivity contribution in [3.8, 4) is 17.0 Å². The van der Waals surface area contributed by atoms with Gasteiger partial charge in [-0.05, 0) is 42.7 Å². The van der Waals surface area contributed by atoms with Crippen LogP contribution in [0.2, 0.25) is 0 Å². The van der Waals surface area contributed by atoms with Crippen LogP contribution in [0.4, 0.5) is 24.7 Å². The van der Waals surface area contributed by atoms with Gasteiger partial charge in [-0.3, -0.25) is 4.98 Å². The Morgan fingerprint density at radius 3 is 2.76 bits per heavy atom. The number of anilines is 2. The molecule has 0 saturated carbocycles. The van der Waals surface area contributed by atoms with Crippen LogP contribution in [0.15, 0.2) is 43.1 Å². The van der Waals surface area contributed by atoms with Crippen LogP contribution in [0.1, 0.15) is 24.8 Å². The number of fused-ring (bicyclic) bond motifs is 1. The van der Waals surface area contributed by atoms with Gasteiger partial charge >= 0.3 is 0 Å². The molecule has 37 heavy (non-hydrogen) atoms. The van der Waals surface area contributed by atoms with Crippen LogP contribution in [0, 0.1) is 5.82 Å². The number of nitrogens with two attached hydrogens (primary N) is 2. The van der Waals surface area contributed by atoms with Crippen LogP contribution in [0.3, 0.4) is 0 Å². The molecule has 1 aliphatic rings. The first-order valence-electron chi connectivity index (χ1n) is 11.8. The van der Waals surface area contributed by atoms with E-state index in [0.717, 1.165) is 11.3 Å². The van der Waals surface area contributed by atoms with E-state index >= 15 is 0 Å². The van der Waals surface area contributed by atoms with E-state index in [1.54, 1.807) is 24.7 Å². The molecule has 1 saturated heterocycles. The van der Waals surface area contributed by atoms with Crippen LogP contribution in [0.5, 0.6) is 5.75 Å². The summed E-state index contributed by atoms with van der Waals surface area (Å²) in [6, 6.07) is 6.48. The van der Waals surface area contributed by atoms with E-state index in [0.29, 0.717) is 48.4 Å². The van der Waals surface area contributed by atoms with Gasteiger partial charge in [-0.2, -0.15) is 0 Å². The van der Waals surface area contributed by atoms with Crippen molar-refractivity contribution in [2.45, 2.75) is 37.8 Å². The van der Waals surface area contributed by atoms with Gasteiger partial charge in [0.25, 0.3) is 0 Å². The second-order valence-electron chi connectivity index (χ2n) is 9.33. The number of nitrogen functional groups attached to an aromatic ring is 1. The van der Waals surface area contributed by atoms with Crippen molar-refractivity contribution in [3.05, 3.63) is 54.5 Å². The number of aromatic nitrogens is 5. The molecule has 0 radical (unpaired) electrons. The lowest BCUT2D eigenvalue weighted by atomic mass is 9.86. The second-order valence-corrected chi connectivity index (χ2v) is 9.33. The van der Waals surface area contributed by atoms with Crippen molar-refractivity contribution in [1.29, 1.82) is 0 Å². The van der Waals surface area contributed by atoms with Crippen LogP contribution >= 0.6 is 0 Å². The highest BCUT2D eigenvalue weighted by atomic mass is 19.3. The molecule has 9 nitrogen and oxygen atoms in total. The van der Waals surface area contributed by atoms with Gasteiger partial charge in [0.05, 0.1) is 37.6 Å². The zero-order valence-electron chi connectivity index (χ0n) is 20.2. The Balaban J connectivity index is 1.56. The number of hydrogen-bond acceptors (Lipinski definition) is 8. The molecule has 12 heteroatoms. The Bertz CT molecular complexity index is 1430. The molecule has 5 rings (SSSR count). The van der Waals surface area contributed by atoms with Crippen molar-refractivity contribution >= 4 is 22.7 Å². The zero-order valence-corrected chi connectivity index (χ0v) is 20.2. The highest BCUT2D eigenvalue weighted by Gasteiger charge is 2.35. The fourth-order valence-corrected chi connectivity index (χ4v) is 4.92. The highest BCUT2D eigenvalue weighted by molar-refractivity contribution is 5.81. The number of piperidine rings is 1. The molecule has 4 heterocycles. The number of imidazole rings is 1. The summed E-state index contributed by atoms with van der Waals surface area (Å²) in [4.78, 5) is 19.2. The van der Waals surface area contributed by atoms with Gasteiger partial charge in [0, 0.05) is 30.6 Å². The molecule has 1 aliphatic heterocycles. The number of alkyl halides is 2. The van der Waals surface area contributed by atoms with Crippen molar-refractivity contribution < 1.29 is 17.9 Å². The lowest BCUT2D eigenvalue weighted by Crippen LogP contribution is -2.55. The monoisotopic (exact) mass is 512 g/mol. The fraction of sp³-hybridized carbons (Fsp3) is 0.360. The molecule has 0 bridgehead atoms. The molecule has 0 amide bonds. The molecule has 1 atom stereocenters. The first kappa shape index (κ1) is 24.8. The molecule has 194 valence electrons. The molecule has 1 aromatic carbocycles. The van der Waals surface area contributed by atoms with E-state index in [9.17, 15) is 13.2 Å². The lowest BCUT2D eigenvalue weighted by Gasteiger charge is -2.42. The number of halogens is 3. The summed E-state index contributed by atoms with van der Waals surface area (Å²) >= 11 is 0. The lowest BCUT2D eigenvalue weighted by molar-refractivity contribution is 0.0983. The van der Waals surface area contributed by atoms with Crippen molar-refractivity contribution in [2.75, 3.05) is 30.8 Å². The number of ether oxygens (including phenoxy) is 1. The molecule has 4 aromatic rings. The predicted octanol–water partition coefficient (Wildman–Crippen LogP) is 3.62. The molecule has 0 unspecified atom stereocenters. The van der Waals surface area contributed by atoms with Gasteiger partial charge in [0.1, 0.15) is 11.8 Å². The van der Waals surface area contributed by atoms with Crippen LogP contribution in [-0.2, 0) is 6.54 Å². The summed E-state index contributed by atoms with van der Waals surface area (Å²) < 4.78 is 47.8. The average Bonchev–Trinajstić information content (AvgIpc) is 3.27. The summed E-state index contributed by atoms with van der Waals surface area (Å²) in [7, 11) is 1.40. The zero-order chi connectivity index (χ0) is 26.2. The quantitative estimate of drug-likeness (QED) is 0.385. The van der Waals surface area contributed by atoms with Crippen molar-refractivity contribution in [3.63, 3.8) is 0 Å². The second kappa shape index (κ2) is 9.85. The third-order valence-electron chi connectivity index (χ3n) is 6.69. The third kappa shape index (κ3) is 5.01. The maximum atomic E-state index is 14.4. The maximum Gasteiger partial charge on any atom is 0.240 e. The highest BCUT2D eigenvalue weighted by Crippen LogP contribution is 2.33. The number of methoxy groups -OCH3 is 1. The van der Waals surface area contributed by atoms with Gasteiger partial charge in [0.15, 0.2) is 23.0 Å². The minimum Gasteiger partial charge on any atom is -0.494 e. The van der Waals surface area contributed by atoms with Crippen LogP contribution in [-0.4, -0.2) is 56.7 Å². The SMILES string of the molecule is COc1ccc(-c2cc(Cn3cnc4c(N)ncnc43)c(N3CCC[C@](N)(CC(F)F)C3)cn2)cc1F. The largest absolute Gasteiger partial charge is 0.494 e. The van der Waals surface area contributed by atoms with Gasteiger partial charge in [-0.25, -0.2) is 28.1 Å². The van der Waals surface area contributed by atoms with E-state index < -0.39 is 17.8 Å². The number of pyridine rings is 1. The molecule has 1 fully saturated rings. The van der Waals surface area contributed by atoms with E-state index in [4.69, 9.17) is 16.2 Å². The molecule has 0 spiro atoms. The Hall–Kier alpha value is -3.93. The number of nitrogens with zero attached hydrogens (tertiary/aromatic N) is 6. The van der Waals surface area contributed by atoms with Crippen LogP contribution < -0.4 is 21.1 Å². The van der Waals surface area contributed by atoms with E-state index in [1.807, 2.05) is 15.5 Å². The molecule has 3 aromatic heterocycles. The number of benzene rings is 1. The molecular formula is C25H27F3N8O. The molecule has 0 aliphatic carbocycles. The van der Waals surface area contributed by atoms with Crippen molar-refractivity contribution in [2.24, 2.45) is 5.73 Å². The average molecular weight is 513 g/mol. The van der Waals surface area contributed by atoms with Gasteiger partial charge < -0.3 is 25.7 Å². The number of hydrogen-bond donors (Lipinski definition) is 2. The summed E-state index contributed by atoms with van der Waals surface area (Å²) in [6.07, 6.45) is 2.99. The predicted molar refractivity (Wildman–Crippen MR) is 134 cm³/mol. The minimum absolute atomic E-state index is 0.134. The minimum atomic E-state index is -2.49. The van der Waals surface area contributed by atoms with E-state index in [1.165, 1.54) is 19.5 Å². The standard InChI is InChI=1S/C25H27F3N8O/c1-37-20-4-3-15(7-17(20)26)18-8-16(11-36-14-34-22-23(29)32-13-33-24(22)36)19(10-31-18)35-6-2-5-25(30,12-35)9-21(27)28/h3-4,7-8,10,13-14,21H,2,5-6,9,11-12,30H2,1H3,(H2,29,32,33)/t25-/m0/s1. The van der Waals surface area contributed by atoms with Crippen molar-refractivity contribution in [1.82, 2.24) is 24.5 Å². The smallest absolute Gasteiger partial charge is 0.240 e. The summed E-state index contributed by atoms with van der Waals surface area (Å²) in [6.45, 7) is 1.24. The van der Waals surface area contributed by atoms with Gasteiger partial charge in [-0.15, -0.1) is 0 Å². The topological polar surface area (TPSA) is 121 Å². The van der Waals surface area contributed by atoms with E-state index in [2.05, 4.69) is 19.9 Å². The summed E-state index contributed by atoms with van der Waals surface area (Å²) in [5.74, 6) is -0.102. The Morgan fingerprint density at radius 2 is 2.00 bits per heavy atom. The fourth-order valence-electron chi connectivity index (χ4n) is 4.92. The molecular weight excluding hydrogens is 485 g/mol. The Labute approximate surface area is 211 Å². The van der Waals surface area contributed by atoms with Crippen LogP contribution in [0.25, 0.3) is 22.4 Å². The van der Waals surface area contributed by atoms with E-state index in [-0.39, 0.29) is 24.5 Å². The van der Waals surface area contributed by atoms with Gasteiger partial charge in [-0.1, -0.05) is 0 Å². The Kier molecular flexibility index (Phi) is 6.59. The molecule has 4 N–H and O–H groups in total. The maximum absolute atomic E-state index is 14.4. The summed E-state index contributed by atoms with van der Waals surface area (Å²) in [5, 5.41) is 0. The first-order chi connectivity index (χ1) is 17.8. The first-order valence-corrected chi connectivity index (χ1v) is 11.8.